The minimum atomic E-state index is -0.862. The molecule has 1 N–H and O–H groups in total. The highest BCUT2D eigenvalue weighted by molar-refractivity contribution is 8.02. The molecular formula is C26H37N3O6S. The minimum absolute atomic E-state index is 0.0714. The molecular weight excluding hydrogens is 482 g/mol. The van der Waals surface area contributed by atoms with Gasteiger partial charge in [-0.1, -0.05) is 24.3 Å². The molecule has 0 radical (unpaired) electrons. The maximum atomic E-state index is 14.2. The van der Waals surface area contributed by atoms with Crippen LogP contribution < -0.4 is 0 Å². The van der Waals surface area contributed by atoms with E-state index in [-0.39, 0.29) is 30.9 Å². The van der Waals surface area contributed by atoms with E-state index in [1.165, 1.54) is 0 Å². The zero-order valence-corrected chi connectivity index (χ0v) is 21.8. The van der Waals surface area contributed by atoms with E-state index in [0.29, 0.717) is 39.3 Å². The Balaban J connectivity index is 1.49. The molecule has 5 rings (SSSR count). The number of fused-ring (bicyclic) bond motifs is 2. The second-order valence-corrected chi connectivity index (χ2v) is 12.2. The van der Waals surface area contributed by atoms with E-state index in [4.69, 9.17) is 9.47 Å². The first kappa shape index (κ1) is 25.8. The summed E-state index contributed by atoms with van der Waals surface area (Å²) in [5.74, 6) is -1.99. The lowest BCUT2D eigenvalue weighted by Gasteiger charge is -2.37. The summed E-state index contributed by atoms with van der Waals surface area (Å²) in [5, 5.41) is 9.53. The normalized spacial score (nSPS) is 37.9. The van der Waals surface area contributed by atoms with Gasteiger partial charge in [0.25, 0.3) is 0 Å². The highest BCUT2D eigenvalue weighted by Crippen LogP contribution is 2.65. The SMILES string of the molecule is C[C@]12/C=C\CCCOC(=O)[C@H]1[C@H]1C(=O)N(CCCO)C3C(=O)N(CCN4CCOCC4)CC=C[C@@]31S2. The number of hydrogen-bond acceptors (Lipinski definition) is 8. The summed E-state index contributed by atoms with van der Waals surface area (Å²) in [6.45, 7) is 7.42. The number of nitrogens with zero attached hydrogens (tertiary/aromatic N) is 3. The summed E-state index contributed by atoms with van der Waals surface area (Å²) >= 11 is 1.57. The Morgan fingerprint density at radius 1 is 1.03 bits per heavy atom. The number of amides is 2. The second kappa shape index (κ2) is 10.5. The molecule has 10 heteroatoms. The van der Waals surface area contributed by atoms with Crippen LogP contribution >= 0.6 is 11.8 Å². The van der Waals surface area contributed by atoms with E-state index in [0.717, 1.165) is 32.5 Å². The molecule has 0 bridgehead atoms. The van der Waals surface area contributed by atoms with Crippen LogP contribution in [0.4, 0.5) is 0 Å². The fraction of sp³-hybridized carbons (Fsp3) is 0.731. The van der Waals surface area contributed by atoms with Crippen LogP contribution in [0.25, 0.3) is 0 Å². The number of aliphatic hydroxyl groups is 1. The Morgan fingerprint density at radius 3 is 2.61 bits per heavy atom. The van der Waals surface area contributed by atoms with Gasteiger partial charge in [0.2, 0.25) is 11.8 Å². The molecule has 1 unspecified atom stereocenters. The van der Waals surface area contributed by atoms with Crippen molar-refractivity contribution >= 4 is 29.5 Å². The van der Waals surface area contributed by atoms with Crippen molar-refractivity contribution < 1.29 is 29.0 Å². The van der Waals surface area contributed by atoms with Gasteiger partial charge in [0.1, 0.15) is 6.04 Å². The van der Waals surface area contributed by atoms with Gasteiger partial charge in [0.05, 0.1) is 36.4 Å². The molecule has 3 saturated heterocycles. The number of likely N-dealkylation sites (tertiary alicyclic amines) is 1. The van der Waals surface area contributed by atoms with Crippen LogP contribution in [-0.4, -0.2) is 119 Å². The zero-order chi connectivity index (χ0) is 25.3. The molecule has 5 aliphatic rings. The van der Waals surface area contributed by atoms with Crippen LogP contribution in [0.5, 0.6) is 0 Å². The molecule has 0 aromatic rings. The summed E-state index contributed by atoms with van der Waals surface area (Å²) in [6, 6.07) is -0.719. The van der Waals surface area contributed by atoms with Crippen molar-refractivity contribution in [3.8, 4) is 0 Å². The predicted octanol–water partition coefficient (Wildman–Crippen LogP) is 0.680. The van der Waals surface area contributed by atoms with Crippen molar-refractivity contribution in [1.82, 2.24) is 14.7 Å². The maximum absolute atomic E-state index is 14.2. The molecule has 0 saturated carbocycles. The van der Waals surface area contributed by atoms with E-state index in [1.807, 2.05) is 24.0 Å². The van der Waals surface area contributed by atoms with E-state index >= 15 is 0 Å². The van der Waals surface area contributed by atoms with Gasteiger partial charge >= 0.3 is 5.97 Å². The average Bonchev–Trinajstić information content (AvgIpc) is 3.22. The molecule has 0 aromatic heterocycles. The molecule has 5 heterocycles. The van der Waals surface area contributed by atoms with Crippen LogP contribution in [-0.2, 0) is 23.9 Å². The number of carbonyl (C=O) groups excluding carboxylic acids is 3. The first-order valence-corrected chi connectivity index (χ1v) is 14.0. The quantitative estimate of drug-likeness (QED) is 0.404. The number of esters is 1. The van der Waals surface area contributed by atoms with E-state index in [1.54, 1.807) is 16.7 Å². The molecule has 5 atom stereocenters. The van der Waals surface area contributed by atoms with Crippen LogP contribution in [0, 0.1) is 11.8 Å². The van der Waals surface area contributed by atoms with Gasteiger partial charge in [-0.05, 0) is 26.2 Å². The lowest BCUT2D eigenvalue weighted by atomic mass is 9.74. The summed E-state index contributed by atoms with van der Waals surface area (Å²) in [4.78, 5) is 47.4. The number of thioether (sulfide) groups is 1. The van der Waals surface area contributed by atoms with Gasteiger partial charge in [-0.2, -0.15) is 0 Å². The third-order valence-electron chi connectivity index (χ3n) is 8.18. The average molecular weight is 520 g/mol. The van der Waals surface area contributed by atoms with Gasteiger partial charge in [0, 0.05) is 50.6 Å². The number of aliphatic hydroxyl groups excluding tert-OH is 1. The number of allylic oxidation sites excluding steroid dienone is 1. The van der Waals surface area contributed by atoms with Crippen LogP contribution in [0.2, 0.25) is 0 Å². The van der Waals surface area contributed by atoms with Gasteiger partial charge in [-0.25, -0.2) is 0 Å². The van der Waals surface area contributed by atoms with Crippen LogP contribution in [0.1, 0.15) is 26.2 Å². The number of ether oxygens (including phenoxy) is 2. The monoisotopic (exact) mass is 519 g/mol. The van der Waals surface area contributed by atoms with Crippen LogP contribution in [0.3, 0.4) is 0 Å². The molecule has 198 valence electrons. The van der Waals surface area contributed by atoms with E-state index < -0.39 is 27.4 Å². The molecule has 2 amide bonds. The molecule has 9 nitrogen and oxygen atoms in total. The van der Waals surface area contributed by atoms with E-state index in [2.05, 4.69) is 17.1 Å². The fourth-order valence-corrected chi connectivity index (χ4v) is 8.60. The van der Waals surface area contributed by atoms with E-state index in [9.17, 15) is 19.5 Å². The number of cyclic esters (lactones) is 1. The lowest BCUT2D eigenvalue weighted by molar-refractivity contribution is -0.154. The topological polar surface area (TPSA) is 99.6 Å². The third-order valence-corrected chi connectivity index (χ3v) is 9.98. The summed E-state index contributed by atoms with van der Waals surface area (Å²) in [7, 11) is 0. The van der Waals surface area contributed by atoms with Crippen molar-refractivity contribution in [2.45, 2.75) is 41.7 Å². The predicted molar refractivity (Wildman–Crippen MR) is 135 cm³/mol. The molecule has 0 aliphatic carbocycles. The third kappa shape index (κ3) is 4.40. The molecule has 1 spiro atoms. The Labute approximate surface area is 216 Å². The Kier molecular flexibility index (Phi) is 7.49. The first-order valence-electron chi connectivity index (χ1n) is 13.1. The smallest absolute Gasteiger partial charge is 0.311 e. The number of hydrogen-bond donors (Lipinski definition) is 1. The Morgan fingerprint density at radius 2 is 1.83 bits per heavy atom. The number of rotatable bonds is 6. The molecule has 36 heavy (non-hydrogen) atoms. The summed E-state index contributed by atoms with van der Waals surface area (Å²) < 4.78 is 9.57. The summed E-state index contributed by atoms with van der Waals surface area (Å²) in [5.41, 5.74) is 0. The number of carbonyl (C=O) groups is 3. The zero-order valence-electron chi connectivity index (χ0n) is 21.0. The van der Waals surface area contributed by atoms with Gasteiger partial charge in [-0.3, -0.25) is 19.3 Å². The van der Waals surface area contributed by atoms with Crippen LogP contribution in [0.15, 0.2) is 24.3 Å². The van der Waals surface area contributed by atoms with Crippen molar-refractivity contribution in [2.24, 2.45) is 11.8 Å². The molecule has 0 aromatic carbocycles. The minimum Gasteiger partial charge on any atom is -0.465 e. The highest BCUT2D eigenvalue weighted by atomic mass is 32.2. The highest BCUT2D eigenvalue weighted by Gasteiger charge is 2.73. The summed E-state index contributed by atoms with van der Waals surface area (Å²) in [6.07, 6.45) is 10.1. The Bertz CT molecular complexity index is 937. The van der Waals surface area contributed by atoms with Gasteiger partial charge in [-0.15, -0.1) is 11.8 Å². The standard InChI is InChI=1S/C26H37N3O6S/c1-25-7-3-2-4-16-35-24(33)20(25)19-22(31)29(10-6-15-30)21-23(32)28(9-5-8-26(19,21)36-25)12-11-27-13-17-34-18-14-27/h3,5,7-8,19-21,30H,2,4,6,9-18H2,1H3/b7-3-/t19-,20+,21?,25-,26-/m0/s1. The number of morpholine rings is 1. The largest absolute Gasteiger partial charge is 0.465 e. The van der Waals surface area contributed by atoms with Crippen molar-refractivity contribution in [3.05, 3.63) is 24.3 Å². The van der Waals surface area contributed by atoms with Gasteiger partial charge in [0.15, 0.2) is 0 Å². The fourth-order valence-electron chi connectivity index (χ4n) is 6.45. The molecule has 5 aliphatic heterocycles. The van der Waals surface area contributed by atoms with Crippen molar-refractivity contribution in [1.29, 1.82) is 0 Å². The van der Waals surface area contributed by atoms with Gasteiger partial charge < -0.3 is 24.4 Å². The second-order valence-electron chi connectivity index (χ2n) is 10.5. The van der Waals surface area contributed by atoms with Crippen molar-refractivity contribution in [2.75, 3.05) is 65.7 Å². The lowest BCUT2D eigenvalue weighted by Crippen LogP contribution is -2.54. The van der Waals surface area contributed by atoms with Crippen molar-refractivity contribution in [3.63, 3.8) is 0 Å². The first-order chi connectivity index (χ1) is 17.4. The maximum Gasteiger partial charge on any atom is 0.311 e. The Hall–Kier alpha value is -1.88. The molecule has 3 fully saturated rings.